The number of nitrogen functional groups attached to an aromatic ring is 1. The molecular weight excluding hydrogens is 378 g/mol. The number of hydrogen-bond acceptors (Lipinski definition) is 5. The molecule has 0 unspecified atom stereocenters. The van der Waals surface area contributed by atoms with Crippen molar-refractivity contribution in [1.29, 1.82) is 0 Å². The second kappa shape index (κ2) is 7.92. The predicted octanol–water partition coefficient (Wildman–Crippen LogP) is 4.18. The van der Waals surface area contributed by atoms with Gasteiger partial charge in [0, 0.05) is 6.20 Å². The lowest BCUT2D eigenvalue weighted by molar-refractivity contribution is -0.139. The number of ether oxygens (including phenoxy) is 1. The van der Waals surface area contributed by atoms with Crippen molar-refractivity contribution in [2.24, 2.45) is 5.84 Å². The molecule has 4 N–H and O–H groups in total. The van der Waals surface area contributed by atoms with Crippen LogP contribution >= 0.6 is 0 Å². The summed E-state index contributed by atoms with van der Waals surface area (Å²) in [4.78, 5) is 3.59. The van der Waals surface area contributed by atoms with Gasteiger partial charge in [-0.25, -0.2) is 15.2 Å². The van der Waals surface area contributed by atoms with Crippen molar-refractivity contribution in [2.75, 3.05) is 5.43 Å². The molecule has 0 atom stereocenters. The van der Waals surface area contributed by atoms with Gasteiger partial charge in [0.2, 0.25) is 0 Å². The van der Waals surface area contributed by atoms with Gasteiger partial charge in [0.25, 0.3) is 0 Å². The Labute approximate surface area is 159 Å². The number of alkyl halides is 3. The minimum absolute atomic E-state index is 0.314. The number of allylic oxidation sites excluding steroid dienone is 5. The second-order valence-electron chi connectivity index (χ2n) is 6.94. The molecule has 1 aromatic rings. The molecule has 1 saturated carbocycles. The van der Waals surface area contributed by atoms with Crippen LogP contribution in [0.4, 0.5) is 23.4 Å². The zero-order valence-corrected chi connectivity index (χ0v) is 15.0. The summed E-state index contributed by atoms with van der Waals surface area (Å²) in [5.74, 6) is 3.97. The zero-order chi connectivity index (χ0) is 20.4. The van der Waals surface area contributed by atoms with Crippen LogP contribution in [0.1, 0.15) is 37.7 Å². The standard InChI is InChI=1S/C19H21F4N3O2/c20-13-3-1-12(2-4-13)11-18(27)8-5-14(6-9-18)28-15-7-10-25-17(26-24)16(15)19(21,22)23/h1,3-4,7,10-11,14,27H,2,5-6,8-9,24H2,(H,25,26). The highest BCUT2D eigenvalue weighted by Gasteiger charge is 2.40. The first-order valence-corrected chi connectivity index (χ1v) is 8.87. The van der Waals surface area contributed by atoms with Crippen LogP contribution in [-0.4, -0.2) is 21.8 Å². The van der Waals surface area contributed by atoms with E-state index in [1.807, 2.05) is 5.43 Å². The number of hydrogen-bond donors (Lipinski definition) is 3. The number of pyridine rings is 1. The van der Waals surface area contributed by atoms with Crippen molar-refractivity contribution in [3.63, 3.8) is 0 Å². The van der Waals surface area contributed by atoms with Gasteiger partial charge in [-0.3, -0.25) is 0 Å². The van der Waals surface area contributed by atoms with E-state index in [0.29, 0.717) is 32.1 Å². The molecule has 5 nitrogen and oxygen atoms in total. The van der Waals surface area contributed by atoms with Crippen LogP contribution in [0.5, 0.6) is 5.75 Å². The number of nitrogens with one attached hydrogen (secondary N) is 1. The zero-order valence-electron chi connectivity index (χ0n) is 15.0. The Morgan fingerprint density at radius 3 is 2.57 bits per heavy atom. The molecule has 1 heterocycles. The van der Waals surface area contributed by atoms with Crippen LogP contribution in [0, 0.1) is 0 Å². The maximum absolute atomic E-state index is 13.4. The molecule has 9 heteroatoms. The normalized spacial score (nSPS) is 26.9. The van der Waals surface area contributed by atoms with Gasteiger partial charge < -0.3 is 15.3 Å². The molecule has 0 spiro atoms. The summed E-state index contributed by atoms with van der Waals surface area (Å²) >= 11 is 0. The first kappa shape index (κ1) is 20.3. The summed E-state index contributed by atoms with van der Waals surface area (Å²) in [6.07, 6.45) is 3.90. The Morgan fingerprint density at radius 2 is 2.00 bits per heavy atom. The van der Waals surface area contributed by atoms with Crippen LogP contribution in [0.25, 0.3) is 0 Å². The molecule has 0 bridgehead atoms. The lowest BCUT2D eigenvalue weighted by atomic mass is 9.81. The molecule has 0 amide bonds. The highest BCUT2D eigenvalue weighted by molar-refractivity contribution is 5.52. The van der Waals surface area contributed by atoms with Gasteiger partial charge in [0.05, 0.1) is 11.7 Å². The van der Waals surface area contributed by atoms with Crippen LogP contribution in [0.3, 0.4) is 0 Å². The lowest BCUT2D eigenvalue weighted by Gasteiger charge is -2.35. The molecule has 0 aliphatic heterocycles. The van der Waals surface area contributed by atoms with Gasteiger partial charge in [-0.1, -0.05) is 6.08 Å². The summed E-state index contributed by atoms with van der Waals surface area (Å²) in [5.41, 5.74) is 0.605. The minimum Gasteiger partial charge on any atom is -0.490 e. The number of aliphatic hydroxyl groups is 1. The SMILES string of the molecule is NNc1nccc(OC2CCC(O)(C=C3C=CC(F)=CC3)CC2)c1C(F)(F)F. The number of aromatic nitrogens is 1. The van der Waals surface area contributed by atoms with Crippen molar-refractivity contribution in [3.05, 3.63) is 53.5 Å². The third-order valence-corrected chi connectivity index (χ3v) is 4.87. The predicted molar refractivity (Wildman–Crippen MR) is 95.9 cm³/mol. The van der Waals surface area contributed by atoms with Gasteiger partial charge in [0.1, 0.15) is 17.1 Å². The molecule has 0 aromatic carbocycles. The van der Waals surface area contributed by atoms with Gasteiger partial charge in [-0.05, 0) is 62.0 Å². The van der Waals surface area contributed by atoms with E-state index in [4.69, 9.17) is 10.6 Å². The minimum atomic E-state index is -4.68. The third-order valence-electron chi connectivity index (χ3n) is 4.87. The smallest absolute Gasteiger partial charge is 0.423 e. The molecule has 2 aliphatic rings. The monoisotopic (exact) mass is 399 g/mol. The summed E-state index contributed by atoms with van der Waals surface area (Å²) in [6, 6.07) is 1.15. The molecule has 0 radical (unpaired) electrons. The summed E-state index contributed by atoms with van der Waals surface area (Å²) in [5, 5.41) is 10.7. The summed E-state index contributed by atoms with van der Waals surface area (Å²) in [6.45, 7) is 0. The van der Waals surface area contributed by atoms with E-state index in [9.17, 15) is 22.7 Å². The van der Waals surface area contributed by atoms with Crippen LogP contribution in [-0.2, 0) is 6.18 Å². The quantitative estimate of drug-likeness (QED) is 0.402. The van der Waals surface area contributed by atoms with Gasteiger partial charge in [-0.2, -0.15) is 13.2 Å². The maximum Gasteiger partial charge on any atom is 0.423 e. The topological polar surface area (TPSA) is 80.4 Å². The Balaban J connectivity index is 1.68. The molecular formula is C19H21F4N3O2. The van der Waals surface area contributed by atoms with E-state index in [2.05, 4.69) is 4.98 Å². The molecule has 2 aliphatic carbocycles. The van der Waals surface area contributed by atoms with Crippen LogP contribution < -0.4 is 16.0 Å². The van der Waals surface area contributed by atoms with Crippen molar-refractivity contribution < 1.29 is 27.4 Å². The van der Waals surface area contributed by atoms with E-state index >= 15 is 0 Å². The van der Waals surface area contributed by atoms with Crippen molar-refractivity contribution in [1.82, 2.24) is 4.98 Å². The summed E-state index contributed by atoms with van der Waals surface area (Å²) in [7, 11) is 0. The Kier molecular flexibility index (Phi) is 5.76. The van der Waals surface area contributed by atoms with Gasteiger partial charge >= 0.3 is 6.18 Å². The highest BCUT2D eigenvalue weighted by Crippen LogP contribution is 2.42. The number of halogens is 4. The van der Waals surface area contributed by atoms with E-state index < -0.39 is 29.3 Å². The fourth-order valence-corrected chi connectivity index (χ4v) is 3.45. The van der Waals surface area contributed by atoms with Crippen molar-refractivity contribution in [2.45, 2.75) is 50.0 Å². The maximum atomic E-state index is 13.4. The second-order valence-corrected chi connectivity index (χ2v) is 6.94. The van der Waals surface area contributed by atoms with Gasteiger partial charge in [-0.15, -0.1) is 0 Å². The Hall–Kier alpha value is -2.39. The number of hydrazine groups is 1. The van der Waals surface area contributed by atoms with Gasteiger partial charge in [0.15, 0.2) is 5.82 Å². The molecule has 152 valence electrons. The molecule has 28 heavy (non-hydrogen) atoms. The summed E-state index contributed by atoms with van der Waals surface area (Å²) < 4.78 is 58.7. The number of nitrogens with two attached hydrogens (primary N) is 1. The van der Waals surface area contributed by atoms with Crippen molar-refractivity contribution >= 4 is 5.82 Å². The van der Waals surface area contributed by atoms with Crippen molar-refractivity contribution in [3.8, 4) is 5.75 Å². The fourth-order valence-electron chi connectivity index (χ4n) is 3.45. The molecule has 1 aromatic heterocycles. The van der Waals surface area contributed by atoms with E-state index in [0.717, 1.165) is 11.6 Å². The molecule has 0 saturated heterocycles. The molecule has 1 fully saturated rings. The molecule has 3 rings (SSSR count). The average molecular weight is 399 g/mol. The Morgan fingerprint density at radius 1 is 1.29 bits per heavy atom. The first-order valence-electron chi connectivity index (χ1n) is 8.87. The van der Waals surface area contributed by atoms with Crippen LogP contribution in [0.2, 0.25) is 0 Å². The average Bonchev–Trinajstić information content (AvgIpc) is 2.64. The number of nitrogens with zero attached hydrogens (tertiary/aromatic N) is 1. The third kappa shape index (κ3) is 4.71. The fraction of sp³-hybridized carbons (Fsp3) is 0.421. The largest absolute Gasteiger partial charge is 0.490 e. The number of rotatable bonds is 4. The van der Waals surface area contributed by atoms with E-state index in [1.54, 1.807) is 12.2 Å². The van der Waals surface area contributed by atoms with Crippen LogP contribution in [0.15, 0.2) is 48.0 Å². The first-order chi connectivity index (χ1) is 13.2. The number of anilines is 1. The highest BCUT2D eigenvalue weighted by atomic mass is 19.4. The lowest BCUT2D eigenvalue weighted by Crippen LogP contribution is -2.36. The van der Waals surface area contributed by atoms with E-state index in [-0.39, 0.29) is 11.6 Å². The Bertz CT molecular complexity index is 810. The van der Waals surface area contributed by atoms with E-state index in [1.165, 1.54) is 18.3 Å².